The molecule has 0 saturated carbocycles. The van der Waals surface area contributed by atoms with Crippen LogP contribution in [0, 0.1) is 11.3 Å². The smallest absolute Gasteiger partial charge is 0.234 e. The van der Waals surface area contributed by atoms with Crippen LogP contribution in [0.1, 0.15) is 5.56 Å². The number of nitrogens with zero attached hydrogens (tertiary/aromatic N) is 4. The number of halogens is 1. The van der Waals surface area contributed by atoms with Crippen LogP contribution in [0.4, 0.5) is 5.69 Å². The number of nitrogen functional groups attached to an aromatic ring is 1. The number of anilines is 1. The van der Waals surface area contributed by atoms with Gasteiger partial charge in [0, 0.05) is 10.6 Å². The van der Waals surface area contributed by atoms with Gasteiger partial charge in [0.15, 0.2) is 5.82 Å². The summed E-state index contributed by atoms with van der Waals surface area (Å²) in [5.74, 6) is 6.27. The van der Waals surface area contributed by atoms with Crippen molar-refractivity contribution in [2.75, 3.05) is 16.9 Å². The van der Waals surface area contributed by atoms with Crippen molar-refractivity contribution < 1.29 is 4.79 Å². The summed E-state index contributed by atoms with van der Waals surface area (Å²) in [6.45, 7) is 0. The number of hydrogen-bond donors (Lipinski definition) is 2. The van der Waals surface area contributed by atoms with Gasteiger partial charge < -0.3 is 11.2 Å². The molecule has 0 saturated heterocycles. The van der Waals surface area contributed by atoms with Crippen LogP contribution >= 0.6 is 23.4 Å². The van der Waals surface area contributed by atoms with Crippen molar-refractivity contribution in [3.63, 3.8) is 0 Å². The molecule has 0 aliphatic heterocycles. The highest BCUT2D eigenvalue weighted by Gasteiger charge is 2.14. The summed E-state index contributed by atoms with van der Waals surface area (Å²) in [6.07, 6.45) is 0. The minimum Gasteiger partial charge on any atom is -0.335 e. The molecule has 3 rings (SSSR count). The van der Waals surface area contributed by atoms with E-state index < -0.39 is 0 Å². The van der Waals surface area contributed by atoms with Gasteiger partial charge in [0.25, 0.3) is 0 Å². The topological polar surface area (TPSA) is 110 Å². The Labute approximate surface area is 158 Å². The Balaban J connectivity index is 1.67. The van der Waals surface area contributed by atoms with Crippen molar-refractivity contribution in [3.05, 3.63) is 59.1 Å². The third-order valence-corrected chi connectivity index (χ3v) is 4.58. The van der Waals surface area contributed by atoms with Crippen molar-refractivity contribution >= 4 is 35.0 Å². The first-order valence-corrected chi connectivity index (χ1v) is 8.83. The van der Waals surface area contributed by atoms with E-state index in [9.17, 15) is 4.79 Å². The molecule has 0 aliphatic carbocycles. The average molecular weight is 385 g/mol. The van der Waals surface area contributed by atoms with Crippen LogP contribution in [0.15, 0.2) is 53.7 Å². The molecule has 1 heterocycles. The number of rotatable bonds is 5. The predicted octanol–water partition coefficient (Wildman–Crippen LogP) is 2.91. The molecule has 0 radical (unpaired) electrons. The van der Waals surface area contributed by atoms with E-state index in [2.05, 4.69) is 15.5 Å². The molecule has 0 unspecified atom stereocenters. The lowest BCUT2D eigenvalue weighted by Gasteiger charge is -2.07. The summed E-state index contributed by atoms with van der Waals surface area (Å²) in [5.41, 5.74) is 1.59. The molecule has 1 amide bonds. The van der Waals surface area contributed by atoms with Crippen LogP contribution in [0.2, 0.25) is 5.02 Å². The first-order valence-electron chi connectivity index (χ1n) is 7.46. The van der Waals surface area contributed by atoms with Crippen molar-refractivity contribution in [1.82, 2.24) is 14.9 Å². The number of nitrogens with two attached hydrogens (primary N) is 1. The van der Waals surface area contributed by atoms with Gasteiger partial charge in [-0.2, -0.15) is 5.26 Å². The van der Waals surface area contributed by atoms with Crippen LogP contribution in [-0.4, -0.2) is 26.5 Å². The number of carbonyl (C=O) groups is 1. The number of carbonyl (C=O) groups excluding carboxylic acids is 1. The van der Waals surface area contributed by atoms with Gasteiger partial charge >= 0.3 is 0 Å². The number of aromatic nitrogens is 3. The van der Waals surface area contributed by atoms with Crippen LogP contribution in [0.5, 0.6) is 0 Å². The molecule has 3 aromatic rings. The molecule has 0 atom stereocenters. The summed E-state index contributed by atoms with van der Waals surface area (Å²) in [7, 11) is 0. The molecular formula is C17H13ClN6OS. The summed E-state index contributed by atoms with van der Waals surface area (Å²) in [4.78, 5) is 12.1. The second kappa shape index (κ2) is 7.91. The van der Waals surface area contributed by atoms with Crippen molar-refractivity contribution in [2.45, 2.75) is 5.16 Å². The third kappa shape index (κ3) is 3.96. The number of thioether (sulfide) groups is 1. The Morgan fingerprint density at radius 3 is 2.85 bits per heavy atom. The Hall–Kier alpha value is -3.02. The van der Waals surface area contributed by atoms with E-state index >= 15 is 0 Å². The summed E-state index contributed by atoms with van der Waals surface area (Å²) < 4.78 is 1.31. The maximum absolute atomic E-state index is 12.1. The van der Waals surface area contributed by atoms with Gasteiger partial charge in [-0.05, 0) is 24.3 Å². The zero-order valence-electron chi connectivity index (χ0n) is 13.4. The number of hydrogen-bond acceptors (Lipinski definition) is 6. The molecule has 3 N–H and O–H groups in total. The van der Waals surface area contributed by atoms with E-state index in [1.165, 1.54) is 4.68 Å². The first-order chi connectivity index (χ1) is 12.6. The summed E-state index contributed by atoms with van der Waals surface area (Å²) >= 11 is 7.12. The van der Waals surface area contributed by atoms with E-state index in [0.717, 1.165) is 17.3 Å². The minimum absolute atomic E-state index is 0.0740. The summed E-state index contributed by atoms with van der Waals surface area (Å²) in [6, 6.07) is 15.9. The molecule has 1 aromatic heterocycles. The highest BCUT2D eigenvalue weighted by Crippen LogP contribution is 2.24. The first kappa shape index (κ1) is 17.8. The fourth-order valence-corrected chi connectivity index (χ4v) is 3.05. The van der Waals surface area contributed by atoms with Gasteiger partial charge in [-0.3, -0.25) is 4.79 Å². The molecule has 7 nitrogen and oxygen atoms in total. The Morgan fingerprint density at radius 2 is 2.08 bits per heavy atom. The van der Waals surface area contributed by atoms with Gasteiger partial charge in [0.2, 0.25) is 11.1 Å². The molecule has 0 bridgehead atoms. The standard InChI is InChI=1S/C17H13ClN6OS/c18-13-6-3-5-11(8-13)16-22-23-17(24(16)20)26-10-15(25)21-14-7-2-1-4-12(14)9-19/h1-8H,10,20H2,(H,21,25). The Morgan fingerprint density at radius 1 is 1.27 bits per heavy atom. The van der Waals surface area contributed by atoms with Gasteiger partial charge in [0.1, 0.15) is 6.07 Å². The molecule has 2 aromatic carbocycles. The van der Waals surface area contributed by atoms with Crippen LogP contribution in [0.3, 0.4) is 0 Å². The van der Waals surface area contributed by atoms with Gasteiger partial charge in [-0.1, -0.05) is 47.6 Å². The quantitative estimate of drug-likeness (QED) is 0.517. The average Bonchev–Trinajstić information content (AvgIpc) is 3.01. The second-order valence-corrected chi connectivity index (χ2v) is 6.56. The monoisotopic (exact) mass is 384 g/mol. The molecule has 9 heteroatoms. The van der Waals surface area contributed by atoms with Crippen molar-refractivity contribution in [1.29, 1.82) is 5.26 Å². The molecule has 0 aliphatic rings. The fraction of sp³-hybridized carbons (Fsp3) is 0.0588. The molecule has 26 heavy (non-hydrogen) atoms. The van der Waals surface area contributed by atoms with Gasteiger partial charge in [-0.15, -0.1) is 10.2 Å². The maximum Gasteiger partial charge on any atom is 0.234 e. The van der Waals surface area contributed by atoms with E-state index in [1.54, 1.807) is 42.5 Å². The van der Waals surface area contributed by atoms with Crippen LogP contribution in [-0.2, 0) is 4.79 Å². The Kier molecular flexibility index (Phi) is 5.41. The zero-order chi connectivity index (χ0) is 18.5. The zero-order valence-corrected chi connectivity index (χ0v) is 15.0. The van der Waals surface area contributed by atoms with Crippen molar-refractivity contribution in [2.24, 2.45) is 0 Å². The number of para-hydroxylation sites is 1. The summed E-state index contributed by atoms with van der Waals surface area (Å²) in [5, 5.41) is 20.8. The van der Waals surface area contributed by atoms with E-state index in [0.29, 0.717) is 27.3 Å². The lowest BCUT2D eigenvalue weighted by Crippen LogP contribution is -2.17. The molecule has 0 fully saturated rings. The van der Waals surface area contributed by atoms with Crippen LogP contribution in [0.25, 0.3) is 11.4 Å². The predicted molar refractivity (Wildman–Crippen MR) is 101 cm³/mol. The number of nitriles is 1. The minimum atomic E-state index is -0.273. The highest BCUT2D eigenvalue weighted by atomic mass is 35.5. The van der Waals surface area contributed by atoms with Crippen LogP contribution < -0.4 is 11.2 Å². The highest BCUT2D eigenvalue weighted by molar-refractivity contribution is 7.99. The molecule has 130 valence electrons. The lowest BCUT2D eigenvalue weighted by atomic mass is 10.2. The SMILES string of the molecule is N#Cc1ccccc1NC(=O)CSc1nnc(-c2cccc(Cl)c2)n1N. The van der Waals surface area contributed by atoms with Crippen molar-refractivity contribution in [3.8, 4) is 17.5 Å². The normalized spacial score (nSPS) is 10.3. The molecular weight excluding hydrogens is 372 g/mol. The largest absolute Gasteiger partial charge is 0.335 e. The number of benzene rings is 2. The van der Waals surface area contributed by atoms with E-state index in [1.807, 2.05) is 12.1 Å². The fourth-order valence-electron chi connectivity index (χ4n) is 2.21. The van der Waals surface area contributed by atoms with E-state index in [4.69, 9.17) is 22.7 Å². The number of amides is 1. The lowest BCUT2D eigenvalue weighted by molar-refractivity contribution is -0.113. The maximum atomic E-state index is 12.1. The number of nitrogens with one attached hydrogen (secondary N) is 1. The Bertz CT molecular complexity index is 997. The second-order valence-electron chi connectivity index (χ2n) is 5.18. The molecule has 0 spiro atoms. The third-order valence-electron chi connectivity index (χ3n) is 3.40. The van der Waals surface area contributed by atoms with Gasteiger partial charge in [0.05, 0.1) is 17.0 Å². The van der Waals surface area contributed by atoms with E-state index in [-0.39, 0.29) is 11.7 Å². The van der Waals surface area contributed by atoms with Gasteiger partial charge in [-0.25, -0.2) is 4.68 Å².